The summed E-state index contributed by atoms with van der Waals surface area (Å²) >= 11 is 0. The molecule has 1 amide bonds. The predicted molar refractivity (Wildman–Crippen MR) is 100 cm³/mol. The summed E-state index contributed by atoms with van der Waals surface area (Å²) in [5.74, 6) is 0.981. The summed E-state index contributed by atoms with van der Waals surface area (Å²) in [5, 5.41) is 4.05. The van der Waals surface area contributed by atoms with Crippen LogP contribution in [0.4, 0.5) is 0 Å². The minimum Gasteiger partial charge on any atom is -0.376 e. The lowest BCUT2D eigenvalue weighted by atomic mass is 10.2. The lowest BCUT2D eigenvalue weighted by molar-refractivity contribution is 0.0704. The Hall–Kier alpha value is -3.00. The first-order valence-electron chi connectivity index (χ1n) is 9.44. The second-order valence-electron chi connectivity index (χ2n) is 6.92. The van der Waals surface area contributed by atoms with Gasteiger partial charge in [0, 0.05) is 26.2 Å². The van der Waals surface area contributed by atoms with Crippen molar-refractivity contribution in [3.05, 3.63) is 65.8 Å². The number of hydrogen-bond donors (Lipinski definition) is 0. The minimum absolute atomic E-state index is 0.103. The van der Waals surface area contributed by atoms with E-state index >= 15 is 0 Å². The summed E-state index contributed by atoms with van der Waals surface area (Å²) in [6.45, 7) is 1.73. The van der Waals surface area contributed by atoms with E-state index in [9.17, 15) is 4.79 Å². The van der Waals surface area contributed by atoms with Crippen LogP contribution in [-0.2, 0) is 24.8 Å². The molecule has 0 aliphatic carbocycles. The van der Waals surface area contributed by atoms with E-state index in [2.05, 4.69) is 15.1 Å². The number of amides is 1. The number of imidazole rings is 1. The molecule has 1 aliphatic rings. The fourth-order valence-electron chi connectivity index (χ4n) is 3.37. The third-order valence-corrected chi connectivity index (χ3v) is 4.79. The van der Waals surface area contributed by atoms with Gasteiger partial charge in [0.2, 0.25) is 5.89 Å². The van der Waals surface area contributed by atoms with Gasteiger partial charge < -0.3 is 18.7 Å². The Labute approximate surface area is 163 Å². The van der Waals surface area contributed by atoms with Crippen LogP contribution in [-0.4, -0.2) is 43.7 Å². The van der Waals surface area contributed by atoms with Crippen molar-refractivity contribution < 1.29 is 14.1 Å². The molecule has 2 aromatic heterocycles. The average molecular weight is 381 g/mol. The second kappa shape index (κ2) is 8.35. The van der Waals surface area contributed by atoms with Crippen LogP contribution in [0, 0.1) is 0 Å². The van der Waals surface area contributed by atoms with Crippen LogP contribution in [0.3, 0.4) is 0 Å². The van der Waals surface area contributed by atoms with E-state index in [1.165, 1.54) is 0 Å². The smallest absolute Gasteiger partial charge is 0.274 e. The van der Waals surface area contributed by atoms with Gasteiger partial charge in [-0.3, -0.25) is 4.79 Å². The molecule has 4 rings (SSSR count). The highest BCUT2D eigenvalue weighted by Crippen LogP contribution is 2.32. The van der Waals surface area contributed by atoms with Gasteiger partial charge in [-0.2, -0.15) is 4.98 Å². The van der Waals surface area contributed by atoms with Crippen LogP contribution >= 0.6 is 0 Å². The van der Waals surface area contributed by atoms with Crippen LogP contribution < -0.4 is 0 Å². The molecule has 0 radical (unpaired) electrons. The van der Waals surface area contributed by atoms with E-state index in [-0.39, 0.29) is 11.9 Å². The number of ether oxygens (including phenoxy) is 1. The van der Waals surface area contributed by atoms with E-state index in [1.807, 2.05) is 37.4 Å². The van der Waals surface area contributed by atoms with Crippen LogP contribution in [0.5, 0.6) is 0 Å². The van der Waals surface area contributed by atoms with Gasteiger partial charge in [0.25, 0.3) is 5.91 Å². The molecule has 28 heavy (non-hydrogen) atoms. The van der Waals surface area contributed by atoms with Gasteiger partial charge in [0.1, 0.15) is 11.7 Å². The van der Waals surface area contributed by atoms with Gasteiger partial charge >= 0.3 is 0 Å². The van der Waals surface area contributed by atoms with Crippen LogP contribution in [0.2, 0.25) is 0 Å². The highest BCUT2D eigenvalue weighted by atomic mass is 16.5. The summed E-state index contributed by atoms with van der Waals surface area (Å²) < 4.78 is 12.9. The predicted octanol–water partition coefficient (Wildman–Crippen LogP) is 2.54. The summed E-state index contributed by atoms with van der Waals surface area (Å²) in [6, 6.07) is 9.82. The fraction of sp³-hybridized carbons (Fsp3) is 0.400. The number of hydrogen-bond acceptors (Lipinski definition) is 6. The Bertz CT molecular complexity index is 921. The summed E-state index contributed by atoms with van der Waals surface area (Å²) in [4.78, 5) is 23.2. The lowest BCUT2D eigenvalue weighted by Crippen LogP contribution is -2.31. The molecule has 1 aliphatic heterocycles. The Balaban J connectivity index is 1.33. The number of likely N-dealkylation sites (tertiary alicyclic amines) is 1. The molecular formula is C20H23N5O3. The first kappa shape index (κ1) is 18.4. The van der Waals surface area contributed by atoms with Crippen molar-refractivity contribution in [3.63, 3.8) is 0 Å². The Kier molecular flexibility index (Phi) is 5.48. The van der Waals surface area contributed by atoms with Crippen molar-refractivity contribution >= 4 is 5.91 Å². The number of carbonyl (C=O) groups is 1. The molecule has 1 fully saturated rings. The highest BCUT2D eigenvalue weighted by molar-refractivity contribution is 5.92. The van der Waals surface area contributed by atoms with E-state index < -0.39 is 0 Å². The zero-order valence-electron chi connectivity index (χ0n) is 15.8. The van der Waals surface area contributed by atoms with E-state index in [1.54, 1.807) is 22.0 Å². The van der Waals surface area contributed by atoms with E-state index in [0.29, 0.717) is 43.6 Å². The first-order valence-corrected chi connectivity index (χ1v) is 9.44. The van der Waals surface area contributed by atoms with Crippen molar-refractivity contribution in [1.29, 1.82) is 0 Å². The van der Waals surface area contributed by atoms with Gasteiger partial charge in [-0.25, -0.2) is 4.98 Å². The quantitative estimate of drug-likeness (QED) is 0.585. The lowest BCUT2D eigenvalue weighted by Gasteiger charge is -2.20. The Morgan fingerprint density at radius 1 is 1.32 bits per heavy atom. The SMILES string of the molecule is Cn1cnc(C(=O)N2CCCC2c2nc(CCOCc3ccccc3)no2)c1. The number of benzene rings is 1. The van der Waals surface area contributed by atoms with Gasteiger partial charge in [0.05, 0.1) is 19.5 Å². The zero-order valence-corrected chi connectivity index (χ0v) is 15.8. The van der Waals surface area contributed by atoms with Crippen LogP contribution in [0.15, 0.2) is 47.4 Å². The minimum atomic E-state index is -0.194. The monoisotopic (exact) mass is 381 g/mol. The van der Waals surface area contributed by atoms with E-state index in [4.69, 9.17) is 9.26 Å². The third kappa shape index (κ3) is 4.12. The normalized spacial score (nSPS) is 16.6. The summed E-state index contributed by atoms with van der Waals surface area (Å²) in [5.41, 5.74) is 1.56. The van der Waals surface area contributed by atoms with Gasteiger partial charge in [-0.05, 0) is 18.4 Å². The molecule has 8 nitrogen and oxygen atoms in total. The molecule has 1 unspecified atom stereocenters. The Morgan fingerprint density at radius 2 is 2.18 bits per heavy atom. The molecular weight excluding hydrogens is 358 g/mol. The molecule has 146 valence electrons. The van der Waals surface area contributed by atoms with Crippen molar-refractivity contribution in [2.45, 2.75) is 31.9 Å². The Morgan fingerprint density at radius 3 is 2.96 bits per heavy atom. The highest BCUT2D eigenvalue weighted by Gasteiger charge is 2.35. The molecule has 3 aromatic rings. The molecule has 1 aromatic carbocycles. The first-order chi connectivity index (χ1) is 13.7. The van der Waals surface area contributed by atoms with Crippen molar-refractivity contribution in [2.24, 2.45) is 7.05 Å². The number of carbonyl (C=O) groups excluding carboxylic acids is 1. The van der Waals surface area contributed by atoms with Gasteiger partial charge in [0.15, 0.2) is 5.82 Å². The maximum atomic E-state index is 12.7. The van der Waals surface area contributed by atoms with Gasteiger partial charge in [-0.1, -0.05) is 35.5 Å². The maximum absolute atomic E-state index is 12.7. The number of aromatic nitrogens is 4. The molecule has 1 saturated heterocycles. The standard InChI is InChI=1S/C20H23N5O3/c1-24-12-16(21-14-24)20(26)25-10-5-8-17(25)19-22-18(23-28-19)9-11-27-13-15-6-3-2-4-7-15/h2-4,6-7,12,14,17H,5,8-11,13H2,1H3. The summed E-state index contributed by atoms with van der Waals surface area (Å²) in [7, 11) is 1.84. The maximum Gasteiger partial charge on any atom is 0.274 e. The summed E-state index contributed by atoms with van der Waals surface area (Å²) in [6.07, 6.45) is 5.63. The van der Waals surface area contributed by atoms with Crippen molar-refractivity contribution in [3.8, 4) is 0 Å². The molecule has 3 heterocycles. The van der Waals surface area contributed by atoms with Crippen LogP contribution in [0.1, 0.15) is 46.7 Å². The van der Waals surface area contributed by atoms with Crippen molar-refractivity contribution in [1.82, 2.24) is 24.6 Å². The van der Waals surface area contributed by atoms with Crippen molar-refractivity contribution in [2.75, 3.05) is 13.2 Å². The van der Waals surface area contributed by atoms with Gasteiger partial charge in [-0.15, -0.1) is 0 Å². The molecule has 0 spiro atoms. The number of nitrogens with zero attached hydrogens (tertiary/aromatic N) is 5. The number of aryl methyl sites for hydroxylation is 1. The molecule has 0 bridgehead atoms. The fourth-order valence-corrected chi connectivity index (χ4v) is 3.37. The topological polar surface area (TPSA) is 86.3 Å². The zero-order chi connectivity index (χ0) is 19.3. The average Bonchev–Trinajstić information content (AvgIpc) is 3.46. The van der Waals surface area contributed by atoms with Crippen LogP contribution in [0.25, 0.3) is 0 Å². The van der Waals surface area contributed by atoms with E-state index in [0.717, 1.165) is 18.4 Å². The molecule has 0 N–H and O–H groups in total. The molecule has 1 atom stereocenters. The molecule has 8 heteroatoms. The largest absolute Gasteiger partial charge is 0.376 e. The number of rotatable bonds is 7. The third-order valence-electron chi connectivity index (χ3n) is 4.79. The molecule has 0 saturated carbocycles. The second-order valence-corrected chi connectivity index (χ2v) is 6.92.